The highest BCUT2D eigenvalue weighted by Crippen LogP contribution is 2.09. The zero-order chi connectivity index (χ0) is 12.1. The van der Waals surface area contributed by atoms with Gasteiger partial charge in [0, 0.05) is 11.8 Å². The van der Waals surface area contributed by atoms with Crippen molar-refractivity contribution in [2.45, 2.75) is 0 Å². The lowest BCUT2D eigenvalue weighted by molar-refractivity contribution is 0.104. The average molecular weight is 227 g/mol. The van der Waals surface area contributed by atoms with Crippen LogP contribution in [0.2, 0.25) is 0 Å². The lowest BCUT2D eigenvalue weighted by Crippen LogP contribution is -1.96. The van der Waals surface area contributed by atoms with Crippen LogP contribution < -0.4 is 0 Å². The number of benzene rings is 1. The van der Waals surface area contributed by atoms with Crippen LogP contribution >= 0.6 is 0 Å². The fraction of sp³-hybridized carbons (Fsp3) is 0. The molecule has 84 valence electrons. The first-order valence-electron chi connectivity index (χ1n) is 5.15. The van der Waals surface area contributed by atoms with E-state index in [9.17, 15) is 9.18 Å². The second-order valence-corrected chi connectivity index (χ2v) is 3.43. The maximum Gasteiger partial charge on any atom is 0.204 e. The van der Waals surface area contributed by atoms with Gasteiger partial charge in [0.05, 0.1) is 0 Å². The SMILES string of the molecule is O=C(C=Cc1ccccc1F)c1ccccn1. The number of aromatic nitrogens is 1. The highest BCUT2D eigenvalue weighted by atomic mass is 19.1. The number of rotatable bonds is 3. The number of halogens is 1. The number of hydrogen-bond donors (Lipinski definition) is 0. The van der Waals surface area contributed by atoms with Crippen LogP contribution in [0.1, 0.15) is 16.1 Å². The summed E-state index contributed by atoms with van der Waals surface area (Å²) in [6, 6.07) is 11.4. The Balaban J connectivity index is 2.17. The van der Waals surface area contributed by atoms with Crippen molar-refractivity contribution >= 4 is 11.9 Å². The summed E-state index contributed by atoms with van der Waals surface area (Å²) in [4.78, 5) is 15.6. The summed E-state index contributed by atoms with van der Waals surface area (Å²) in [5.74, 6) is -0.591. The van der Waals surface area contributed by atoms with Gasteiger partial charge in [-0.1, -0.05) is 24.3 Å². The third-order valence-electron chi connectivity index (χ3n) is 2.24. The van der Waals surface area contributed by atoms with Crippen molar-refractivity contribution < 1.29 is 9.18 Å². The van der Waals surface area contributed by atoms with Gasteiger partial charge < -0.3 is 0 Å². The fourth-order valence-corrected chi connectivity index (χ4v) is 1.37. The molecule has 0 saturated carbocycles. The third-order valence-corrected chi connectivity index (χ3v) is 2.24. The van der Waals surface area contributed by atoms with Gasteiger partial charge in [-0.3, -0.25) is 9.78 Å². The molecule has 2 rings (SSSR count). The van der Waals surface area contributed by atoms with Crippen molar-refractivity contribution in [2.75, 3.05) is 0 Å². The van der Waals surface area contributed by atoms with Gasteiger partial charge in [0.1, 0.15) is 11.5 Å². The highest BCUT2D eigenvalue weighted by Gasteiger charge is 2.02. The predicted molar refractivity (Wildman–Crippen MR) is 64.0 cm³/mol. The first-order valence-corrected chi connectivity index (χ1v) is 5.15. The van der Waals surface area contributed by atoms with Crippen molar-refractivity contribution in [1.82, 2.24) is 4.98 Å². The summed E-state index contributed by atoms with van der Waals surface area (Å²) in [6.45, 7) is 0. The van der Waals surface area contributed by atoms with E-state index in [-0.39, 0.29) is 11.6 Å². The zero-order valence-electron chi connectivity index (χ0n) is 9.01. The second-order valence-electron chi connectivity index (χ2n) is 3.43. The highest BCUT2D eigenvalue weighted by molar-refractivity contribution is 6.05. The van der Waals surface area contributed by atoms with Crippen LogP contribution in [0.4, 0.5) is 4.39 Å². The standard InChI is InChI=1S/C14H10FNO/c15-12-6-2-1-5-11(12)8-9-14(17)13-7-3-4-10-16-13/h1-10H. The Bertz CT molecular complexity index is 549. The molecule has 2 aromatic rings. The maximum atomic E-state index is 13.3. The minimum absolute atomic E-state index is 0.242. The number of ketones is 1. The van der Waals surface area contributed by atoms with E-state index in [1.807, 2.05) is 0 Å². The molecule has 3 heteroatoms. The largest absolute Gasteiger partial charge is 0.288 e. The van der Waals surface area contributed by atoms with Crippen LogP contribution in [0.25, 0.3) is 6.08 Å². The second kappa shape index (κ2) is 5.16. The molecule has 0 saturated heterocycles. The molecule has 0 spiro atoms. The van der Waals surface area contributed by atoms with E-state index in [0.29, 0.717) is 11.3 Å². The summed E-state index contributed by atoms with van der Waals surface area (Å²) in [7, 11) is 0. The molecule has 0 radical (unpaired) electrons. The van der Waals surface area contributed by atoms with E-state index in [1.54, 1.807) is 42.6 Å². The predicted octanol–water partition coefficient (Wildman–Crippen LogP) is 3.12. The van der Waals surface area contributed by atoms with E-state index in [1.165, 1.54) is 18.2 Å². The number of carbonyl (C=O) groups excluding carboxylic acids is 1. The van der Waals surface area contributed by atoms with Gasteiger partial charge in [0.2, 0.25) is 5.78 Å². The first kappa shape index (κ1) is 11.2. The van der Waals surface area contributed by atoms with Crippen molar-refractivity contribution in [3.63, 3.8) is 0 Å². The Kier molecular flexibility index (Phi) is 3.40. The Labute approximate surface area is 98.4 Å². The van der Waals surface area contributed by atoms with Crippen molar-refractivity contribution in [3.8, 4) is 0 Å². The molecule has 0 amide bonds. The quantitative estimate of drug-likeness (QED) is 0.595. The van der Waals surface area contributed by atoms with Gasteiger partial charge in [0.15, 0.2) is 0 Å². The molecule has 0 unspecified atom stereocenters. The first-order chi connectivity index (χ1) is 8.27. The molecular weight excluding hydrogens is 217 g/mol. The fourth-order valence-electron chi connectivity index (χ4n) is 1.37. The maximum absolute atomic E-state index is 13.3. The third kappa shape index (κ3) is 2.84. The van der Waals surface area contributed by atoms with Crippen molar-refractivity contribution in [2.24, 2.45) is 0 Å². The monoisotopic (exact) mass is 227 g/mol. The Morgan fingerprint density at radius 3 is 2.59 bits per heavy atom. The normalized spacial score (nSPS) is 10.6. The van der Waals surface area contributed by atoms with Gasteiger partial charge in [-0.15, -0.1) is 0 Å². The number of nitrogens with zero attached hydrogens (tertiary/aromatic N) is 1. The smallest absolute Gasteiger partial charge is 0.204 e. The molecule has 2 nitrogen and oxygen atoms in total. The Morgan fingerprint density at radius 1 is 1.12 bits per heavy atom. The van der Waals surface area contributed by atoms with Gasteiger partial charge in [-0.25, -0.2) is 4.39 Å². The minimum atomic E-state index is -0.349. The molecule has 0 fully saturated rings. The van der Waals surface area contributed by atoms with E-state index < -0.39 is 0 Å². The van der Waals surface area contributed by atoms with E-state index in [4.69, 9.17) is 0 Å². The van der Waals surface area contributed by atoms with Crippen LogP contribution in [0.3, 0.4) is 0 Å². The van der Waals surface area contributed by atoms with Crippen LogP contribution in [-0.4, -0.2) is 10.8 Å². The number of allylic oxidation sites excluding steroid dienone is 1. The van der Waals surface area contributed by atoms with Crippen LogP contribution in [0.15, 0.2) is 54.7 Å². The number of carbonyl (C=O) groups is 1. The molecular formula is C14H10FNO. The van der Waals surface area contributed by atoms with E-state index >= 15 is 0 Å². The Hall–Kier alpha value is -2.29. The molecule has 17 heavy (non-hydrogen) atoms. The molecule has 1 aromatic carbocycles. The van der Waals surface area contributed by atoms with Gasteiger partial charge in [-0.05, 0) is 30.4 Å². The molecule has 0 aliphatic heterocycles. The summed E-state index contributed by atoms with van der Waals surface area (Å²) in [6.07, 6.45) is 4.32. The molecule has 0 N–H and O–H groups in total. The molecule has 1 heterocycles. The molecule has 0 aliphatic rings. The zero-order valence-corrected chi connectivity index (χ0v) is 9.01. The minimum Gasteiger partial charge on any atom is -0.288 e. The van der Waals surface area contributed by atoms with E-state index in [0.717, 1.165) is 0 Å². The number of pyridine rings is 1. The van der Waals surface area contributed by atoms with Gasteiger partial charge in [-0.2, -0.15) is 0 Å². The topological polar surface area (TPSA) is 30.0 Å². The summed E-state index contributed by atoms with van der Waals surface area (Å²) >= 11 is 0. The molecule has 0 atom stereocenters. The summed E-state index contributed by atoms with van der Waals surface area (Å²) < 4.78 is 13.3. The summed E-state index contributed by atoms with van der Waals surface area (Å²) in [5.41, 5.74) is 0.733. The van der Waals surface area contributed by atoms with Crippen molar-refractivity contribution in [1.29, 1.82) is 0 Å². The van der Waals surface area contributed by atoms with Crippen molar-refractivity contribution in [3.05, 3.63) is 71.8 Å². The van der Waals surface area contributed by atoms with Crippen LogP contribution in [0, 0.1) is 5.82 Å². The Morgan fingerprint density at radius 2 is 1.88 bits per heavy atom. The van der Waals surface area contributed by atoms with Crippen LogP contribution in [0.5, 0.6) is 0 Å². The van der Waals surface area contributed by atoms with Gasteiger partial charge in [0.25, 0.3) is 0 Å². The average Bonchev–Trinajstić information content (AvgIpc) is 2.38. The number of hydrogen-bond acceptors (Lipinski definition) is 2. The van der Waals surface area contributed by atoms with Gasteiger partial charge >= 0.3 is 0 Å². The lowest BCUT2D eigenvalue weighted by Gasteiger charge is -1.95. The molecule has 1 aromatic heterocycles. The van der Waals surface area contributed by atoms with Crippen LogP contribution in [-0.2, 0) is 0 Å². The summed E-state index contributed by atoms with van der Waals surface area (Å²) in [5, 5.41) is 0. The van der Waals surface area contributed by atoms with E-state index in [2.05, 4.69) is 4.98 Å². The molecule has 0 bridgehead atoms. The molecule has 0 aliphatic carbocycles. The lowest BCUT2D eigenvalue weighted by atomic mass is 10.1.